The van der Waals surface area contributed by atoms with Gasteiger partial charge in [0.2, 0.25) is 0 Å². The first kappa shape index (κ1) is 24.8. The van der Waals surface area contributed by atoms with Crippen molar-refractivity contribution in [3.63, 3.8) is 0 Å². The summed E-state index contributed by atoms with van der Waals surface area (Å²) in [5.41, 5.74) is 4.93. The predicted octanol–water partition coefficient (Wildman–Crippen LogP) is 5.28. The minimum atomic E-state index is 0.305. The third-order valence-electron chi connectivity index (χ3n) is 5.47. The van der Waals surface area contributed by atoms with Crippen molar-refractivity contribution >= 4 is 39.9 Å². The number of anilines is 1. The van der Waals surface area contributed by atoms with E-state index in [-0.39, 0.29) is 0 Å². The molecule has 0 atom stereocenters. The molecule has 3 heterocycles. The number of rotatable bonds is 9. The summed E-state index contributed by atoms with van der Waals surface area (Å²) in [5, 5.41) is 18.0. The normalized spacial score (nSPS) is 11.8. The van der Waals surface area contributed by atoms with Crippen molar-refractivity contribution in [1.82, 2.24) is 20.4 Å². The van der Waals surface area contributed by atoms with Gasteiger partial charge in [-0.1, -0.05) is 50.4 Å². The van der Waals surface area contributed by atoms with Gasteiger partial charge in [-0.15, -0.1) is 0 Å². The number of pyridine rings is 2. The summed E-state index contributed by atoms with van der Waals surface area (Å²) in [6, 6.07) is 7.79. The lowest BCUT2D eigenvalue weighted by Crippen LogP contribution is -2.33. The van der Waals surface area contributed by atoms with Crippen LogP contribution in [0.15, 0.2) is 30.1 Å². The molecule has 0 saturated heterocycles. The number of H-pyrrole nitrogens is 1. The molecule has 0 amide bonds. The highest BCUT2D eigenvalue weighted by atomic mass is 35.5. The fourth-order valence-corrected chi connectivity index (χ4v) is 4.37. The van der Waals surface area contributed by atoms with Gasteiger partial charge in [0.25, 0.3) is 0 Å². The molecule has 7 nitrogen and oxygen atoms in total. The zero-order valence-corrected chi connectivity index (χ0v) is 21.2. The van der Waals surface area contributed by atoms with Gasteiger partial charge in [-0.3, -0.25) is 0 Å². The third-order valence-corrected chi connectivity index (χ3v) is 5.86. The number of nitrogens with one attached hydrogen (secondary N) is 2. The summed E-state index contributed by atoms with van der Waals surface area (Å²) in [4.78, 5) is 10.9. The summed E-state index contributed by atoms with van der Waals surface area (Å²) in [7, 11) is 1.97. The van der Waals surface area contributed by atoms with Crippen LogP contribution in [0.4, 0.5) is 5.69 Å². The lowest BCUT2D eigenvalue weighted by atomic mass is 9.99. The molecule has 0 radical (unpaired) electrons. The molecule has 174 valence electrons. The molecule has 0 bridgehead atoms. The summed E-state index contributed by atoms with van der Waals surface area (Å²) >= 11 is 12.3. The number of nitriles is 1. The minimum Gasteiger partial charge on any atom is -0.363 e. The van der Waals surface area contributed by atoms with Crippen LogP contribution in [0.1, 0.15) is 56.5 Å². The number of aromatic nitrogens is 4. The third kappa shape index (κ3) is 5.76. The Bertz CT molecular complexity index is 1190. The van der Waals surface area contributed by atoms with Gasteiger partial charge in [0.05, 0.1) is 29.8 Å². The van der Waals surface area contributed by atoms with Crippen LogP contribution >= 0.6 is 23.2 Å². The summed E-state index contributed by atoms with van der Waals surface area (Å²) in [6.07, 6.45) is 3.44. The van der Waals surface area contributed by atoms with Crippen LogP contribution in [0, 0.1) is 18.3 Å². The van der Waals surface area contributed by atoms with Crippen LogP contribution in [0.2, 0.25) is 10.3 Å². The predicted molar refractivity (Wildman–Crippen MR) is 133 cm³/mol. The molecule has 0 saturated carbocycles. The molecule has 0 fully saturated rings. The molecule has 3 aromatic heterocycles. The quantitative estimate of drug-likeness (QED) is 0.244. The van der Waals surface area contributed by atoms with Crippen molar-refractivity contribution in [3.05, 3.63) is 57.4 Å². The van der Waals surface area contributed by atoms with Gasteiger partial charge >= 0.3 is 5.65 Å². The van der Waals surface area contributed by atoms with Crippen molar-refractivity contribution in [1.29, 1.82) is 5.26 Å². The maximum atomic E-state index is 9.48. The van der Waals surface area contributed by atoms with Crippen molar-refractivity contribution in [2.45, 2.75) is 53.0 Å². The Kier molecular flexibility index (Phi) is 8.17. The number of hydrogen-bond donors (Lipinski definition) is 2. The van der Waals surface area contributed by atoms with E-state index in [0.29, 0.717) is 35.1 Å². The van der Waals surface area contributed by atoms with E-state index in [1.54, 1.807) is 12.1 Å². The second-order valence-corrected chi connectivity index (χ2v) is 9.11. The van der Waals surface area contributed by atoms with E-state index in [1.807, 2.05) is 16.6 Å². The summed E-state index contributed by atoms with van der Waals surface area (Å²) in [5.74, 6) is 1.01. The Balaban J connectivity index is 1.96. The first-order chi connectivity index (χ1) is 15.7. The van der Waals surface area contributed by atoms with Crippen LogP contribution in [-0.2, 0) is 13.6 Å². The van der Waals surface area contributed by atoms with E-state index in [9.17, 15) is 5.26 Å². The number of fused-ring (bicyclic) bond motifs is 1. The van der Waals surface area contributed by atoms with E-state index in [4.69, 9.17) is 28.2 Å². The van der Waals surface area contributed by atoms with Crippen LogP contribution < -0.4 is 14.9 Å². The number of aryl methyl sites for hydroxylation is 2. The number of unbranched alkanes of at least 4 members (excludes halogenated alkanes) is 1. The van der Waals surface area contributed by atoms with Crippen molar-refractivity contribution in [2.75, 3.05) is 11.4 Å². The molecule has 0 aliphatic rings. The number of aromatic amines is 1. The monoisotopic (exact) mass is 486 g/mol. The average molecular weight is 487 g/mol. The van der Waals surface area contributed by atoms with Gasteiger partial charge in [-0.25, -0.2) is 10.1 Å². The maximum Gasteiger partial charge on any atom is 0.350 e. The van der Waals surface area contributed by atoms with E-state index in [1.165, 1.54) is 11.6 Å². The molecule has 0 aliphatic carbocycles. The highest BCUT2D eigenvalue weighted by Crippen LogP contribution is 2.27. The first-order valence-electron chi connectivity index (χ1n) is 11.1. The fraction of sp³-hybridized carbons (Fsp3) is 0.417. The van der Waals surface area contributed by atoms with Crippen LogP contribution in [0.25, 0.3) is 11.0 Å². The summed E-state index contributed by atoms with van der Waals surface area (Å²) in [6.45, 7) is 9.72. The zero-order chi connectivity index (χ0) is 24.1. The van der Waals surface area contributed by atoms with Gasteiger partial charge in [-0.05, 0) is 48.0 Å². The lowest BCUT2D eigenvalue weighted by Gasteiger charge is -2.27. The van der Waals surface area contributed by atoms with E-state index in [0.717, 1.165) is 41.0 Å². The molecule has 0 unspecified atom stereocenters. The van der Waals surface area contributed by atoms with Crippen LogP contribution in [0.5, 0.6) is 0 Å². The molecular formula is C24H30Cl2N7+. The number of hydrogen-bond acceptors (Lipinski definition) is 5. The highest BCUT2D eigenvalue weighted by Gasteiger charge is 2.22. The molecule has 0 spiro atoms. The molecule has 3 rings (SSSR count). The van der Waals surface area contributed by atoms with E-state index >= 15 is 0 Å². The maximum absolute atomic E-state index is 9.48. The largest absolute Gasteiger partial charge is 0.363 e. The van der Waals surface area contributed by atoms with Crippen molar-refractivity contribution in [3.8, 4) is 6.07 Å². The number of nitrogens with zero attached hydrogens (tertiary/aromatic N) is 5. The van der Waals surface area contributed by atoms with Gasteiger partial charge in [0.1, 0.15) is 23.2 Å². The van der Waals surface area contributed by atoms with Gasteiger partial charge < -0.3 is 10.2 Å². The fourth-order valence-electron chi connectivity index (χ4n) is 3.92. The molecule has 9 heteroatoms. The Hall–Kier alpha value is -2.82. The second-order valence-electron chi connectivity index (χ2n) is 8.34. The van der Waals surface area contributed by atoms with Crippen LogP contribution in [-0.4, -0.2) is 21.6 Å². The summed E-state index contributed by atoms with van der Waals surface area (Å²) < 4.78 is 1.95. The lowest BCUT2D eigenvalue weighted by molar-refractivity contribution is -0.704. The SMILES string of the molecule is CCCCN(/C(=C\C#N)NCc1cc(C(C)C)c2c(C)[nH][n+](C)c2n1)c1cc(Cl)nc(Cl)c1. The molecule has 0 aromatic carbocycles. The Morgan fingerprint density at radius 1 is 1.27 bits per heavy atom. The highest BCUT2D eigenvalue weighted by molar-refractivity contribution is 6.32. The molecular weight excluding hydrogens is 457 g/mol. The Morgan fingerprint density at radius 3 is 2.58 bits per heavy atom. The molecule has 33 heavy (non-hydrogen) atoms. The zero-order valence-electron chi connectivity index (χ0n) is 19.7. The first-order valence-corrected chi connectivity index (χ1v) is 11.8. The minimum absolute atomic E-state index is 0.305. The van der Waals surface area contributed by atoms with Gasteiger partial charge in [0.15, 0.2) is 5.69 Å². The molecule has 2 N–H and O–H groups in total. The topological polar surface area (TPSA) is 84.5 Å². The standard InChI is InChI=1S/C24H29Cl2N7/c1-6-7-10-33(18-12-20(25)30-21(26)13-18)22(8-9-27)28-14-17-11-19(15(2)3)23-16(4)31-32(5)24(23)29-17/h8,11-13,15,28H,6-7,10,14H2,1-5H3/p+1/b22-8-. The van der Waals surface area contributed by atoms with E-state index in [2.05, 4.69) is 55.2 Å². The second kappa shape index (κ2) is 10.9. The molecule has 0 aliphatic heterocycles. The number of allylic oxidation sites excluding steroid dienone is 1. The van der Waals surface area contributed by atoms with Crippen molar-refractivity contribution in [2.24, 2.45) is 7.05 Å². The van der Waals surface area contributed by atoms with E-state index < -0.39 is 0 Å². The Labute approximate surface area is 205 Å². The van der Waals surface area contributed by atoms with Crippen LogP contribution in [0.3, 0.4) is 0 Å². The number of halogens is 2. The Morgan fingerprint density at radius 2 is 1.97 bits per heavy atom. The molecule has 3 aromatic rings. The average Bonchev–Trinajstić information content (AvgIpc) is 3.04. The smallest absolute Gasteiger partial charge is 0.350 e. The van der Waals surface area contributed by atoms with Gasteiger partial charge in [0, 0.05) is 12.2 Å². The van der Waals surface area contributed by atoms with Gasteiger partial charge in [-0.2, -0.15) is 9.94 Å². The van der Waals surface area contributed by atoms with Crippen molar-refractivity contribution < 1.29 is 4.68 Å².